The summed E-state index contributed by atoms with van der Waals surface area (Å²) in [4.78, 5) is 20.0. The van der Waals surface area contributed by atoms with E-state index in [1.54, 1.807) is 12.3 Å². The third-order valence-corrected chi connectivity index (χ3v) is 2.84. The molecule has 4 heteroatoms. The van der Waals surface area contributed by atoms with Crippen LogP contribution >= 0.6 is 0 Å². The summed E-state index contributed by atoms with van der Waals surface area (Å²) in [6.45, 7) is 0. The van der Waals surface area contributed by atoms with Gasteiger partial charge in [0.05, 0.1) is 18.5 Å². The molecule has 0 aromatic heterocycles. The lowest BCUT2D eigenvalue weighted by atomic mass is 9.99. The third kappa shape index (κ3) is 1.49. The Morgan fingerprint density at radius 3 is 3.00 bits per heavy atom. The van der Waals surface area contributed by atoms with E-state index < -0.39 is 6.04 Å². The van der Waals surface area contributed by atoms with Crippen molar-refractivity contribution in [2.45, 2.75) is 6.04 Å². The van der Waals surface area contributed by atoms with Gasteiger partial charge in [-0.15, -0.1) is 0 Å². The summed E-state index contributed by atoms with van der Waals surface area (Å²) in [5.74, 6) is -0.350. The van der Waals surface area contributed by atoms with Gasteiger partial charge in [-0.3, -0.25) is 4.99 Å². The molecule has 2 heterocycles. The monoisotopic (exact) mass is 226 g/mol. The molecule has 2 aliphatic heterocycles. The number of rotatable bonds is 1. The predicted octanol–water partition coefficient (Wildman–Crippen LogP) is 1.78. The van der Waals surface area contributed by atoms with Gasteiger partial charge in [0.25, 0.3) is 0 Å². The Morgan fingerprint density at radius 1 is 1.35 bits per heavy atom. The highest BCUT2D eigenvalue weighted by Crippen LogP contribution is 2.35. The zero-order valence-electron chi connectivity index (χ0n) is 9.25. The normalized spacial score (nSPS) is 20.2. The highest BCUT2D eigenvalue weighted by Gasteiger charge is 2.26. The number of carbonyl (C=O) groups excluding carboxylic acids is 1. The van der Waals surface area contributed by atoms with Crippen LogP contribution in [0.3, 0.4) is 0 Å². The van der Waals surface area contributed by atoms with Gasteiger partial charge in [0.2, 0.25) is 0 Å². The van der Waals surface area contributed by atoms with Crippen molar-refractivity contribution >= 4 is 29.2 Å². The zero-order valence-corrected chi connectivity index (χ0v) is 9.25. The molecule has 0 radical (unpaired) electrons. The van der Waals surface area contributed by atoms with Gasteiger partial charge in [0.1, 0.15) is 0 Å². The second kappa shape index (κ2) is 3.66. The van der Waals surface area contributed by atoms with Gasteiger partial charge in [0.15, 0.2) is 6.04 Å². The van der Waals surface area contributed by atoms with Gasteiger partial charge in [-0.05, 0) is 12.1 Å². The fourth-order valence-electron chi connectivity index (χ4n) is 2.00. The number of esters is 1. The van der Waals surface area contributed by atoms with E-state index in [2.05, 4.69) is 14.7 Å². The van der Waals surface area contributed by atoms with E-state index in [0.717, 1.165) is 22.5 Å². The summed E-state index contributed by atoms with van der Waals surface area (Å²) < 4.78 is 4.69. The first kappa shape index (κ1) is 9.96. The molecule has 1 aromatic rings. The third-order valence-electron chi connectivity index (χ3n) is 2.84. The number of carbonyl (C=O) groups is 1. The van der Waals surface area contributed by atoms with E-state index in [-0.39, 0.29) is 5.97 Å². The molecule has 0 saturated heterocycles. The van der Waals surface area contributed by atoms with Gasteiger partial charge in [-0.2, -0.15) is 0 Å². The maximum Gasteiger partial charge on any atom is 0.334 e. The lowest BCUT2D eigenvalue weighted by Crippen LogP contribution is -2.23. The highest BCUT2D eigenvalue weighted by molar-refractivity contribution is 6.53. The Bertz CT molecular complexity index is 585. The summed E-state index contributed by atoms with van der Waals surface area (Å²) in [6.07, 6.45) is 3.44. The number of dihydropyridines is 1. The van der Waals surface area contributed by atoms with Crippen molar-refractivity contribution in [1.82, 2.24) is 0 Å². The Hall–Kier alpha value is -2.23. The molecular formula is C13H10N2O2. The van der Waals surface area contributed by atoms with Crippen molar-refractivity contribution in [3.05, 3.63) is 35.9 Å². The second-order valence-corrected chi connectivity index (χ2v) is 3.84. The van der Waals surface area contributed by atoms with E-state index in [9.17, 15) is 4.79 Å². The minimum Gasteiger partial charge on any atom is -0.467 e. The Morgan fingerprint density at radius 2 is 2.18 bits per heavy atom. The minimum absolute atomic E-state index is 0.350. The molecule has 0 saturated carbocycles. The van der Waals surface area contributed by atoms with E-state index in [4.69, 9.17) is 0 Å². The lowest BCUT2D eigenvalue weighted by molar-refractivity contribution is -0.140. The summed E-state index contributed by atoms with van der Waals surface area (Å²) >= 11 is 0. The smallest absolute Gasteiger partial charge is 0.334 e. The fourth-order valence-corrected chi connectivity index (χ4v) is 2.00. The van der Waals surface area contributed by atoms with Crippen LogP contribution in [0.25, 0.3) is 5.57 Å². The van der Waals surface area contributed by atoms with Crippen LogP contribution in [0.15, 0.2) is 40.3 Å². The van der Waals surface area contributed by atoms with Crippen molar-refractivity contribution in [3.63, 3.8) is 0 Å². The molecule has 84 valence electrons. The molecule has 3 rings (SSSR count). The Labute approximate surface area is 98.4 Å². The van der Waals surface area contributed by atoms with Gasteiger partial charge < -0.3 is 4.74 Å². The van der Waals surface area contributed by atoms with Crippen molar-refractivity contribution in [2.24, 2.45) is 9.98 Å². The highest BCUT2D eigenvalue weighted by atomic mass is 16.5. The SMILES string of the molecule is COC(=O)C1C=C2C(=Nc3ccccc32)C=N1. The molecule has 1 atom stereocenters. The average molecular weight is 226 g/mol. The van der Waals surface area contributed by atoms with E-state index in [1.807, 2.05) is 24.3 Å². The van der Waals surface area contributed by atoms with E-state index >= 15 is 0 Å². The van der Waals surface area contributed by atoms with Crippen LogP contribution in [0.5, 0.6) is 0 Å². The molecule has 0 amide bonds. The van der Waals surface area contributed by atoms with E-state index in [1.165, 1.54) is 7.11 Å². The average Bonchev–Trinajstić information content (AvgIpc) is 2.75. The Kier molecular flexibility index (Phi) is 2.14. The fraction of sp³-hybridized carbons (Fsp3) is 0.154. The second-order valence-electron chi connectivity index (χ2n) is 3.84. The molecular weight excluding hydrogens is 216 g/mol. The number of ether oxygens (including phenoxy) is 1. The van der Waals surface area contributed by atoms with Crippen molar-refractivity contribution in [1.29, 1.82) is 0 Å². The molecule has 17 heavy (non-hydrogen) atoms. The Balaban J connectivity index is 2.06. The summed E-state index contributed by atoms with van der Waals surface area (Å²) in [6, 6.07) is 7.28. The van der Waals surface area contributed by atoms with Gasteiger partial charge >= 0.3 is 5.97 Å². The molecule has 0 fully saturated rings. The maximum absolute atomic E-state index is 11.4. The van der Waals surface area contributed by atoms with Crippen molar-refractivity contribution in [3.8, 4) is 0 Å². The number of hydrogen-bond acceptors (Lipinski definition) is 4. The van der Waals surface area contributed by atoms with Crippen LogP contribution < -0.4 is 0 Å². The number of allylic oxidation sites excluding steroid dienone is 1. The number of fused-ring (bicyclic) bond motifs is 3. The number of hydrogen-bond donors (Lipinski definition) is 0. The molecule has 1 aromatic carbocycles. The largest absolute Gasteiger partial charge is 0.467 e. The molecule has 1 unspecified atom stereocenters. The standard InChI is InChI=1S/C13H10N2O2/c1-17-13(16)11-6-9-8-4-2-3-5-10(8)15-12(9)7-14-11/h2-7,11H,1H3. The number of aliphatic imine (C=N–C) groups is 2. The summed E-state index contributed by atoms with van der Waals surface area (Å²) in [5.41, 5.74) is 3.74. The number of benzene rings is 1. The van der Waals surface area contributed by atoms with Crippen LogP contribution in [-0.2, 0) is 9.53 Å². The molecule has 0 spiro atoms. The van der Waals surface area contributed by atoms with Gasteiger partial charge in [-0.25, -0.2) is 9.79 Å². The molecule has 0 aliphatic carbocycles. The van der Waals surface area contributed by atoms with Crippen LogP contribution in [0.1, 0.15) is 5.56 Å². The van der Waals surface area contributed by atoms with Crippen LogP contribution in [0.4, 0.5) is 5.69 Å². The molecule has 4 nitrogen and oxygen atoms in total. The van der Waals surface area contributed by atoms with Crippen LogP contribution in [0.2, 0.25) is 0 Å². The molecule has 0 N–H and O–H groups in total. The predicted molar refractivity (Wildman–Crippen MR) is 65.8 cm³/mol. The number of para-hydroxylation sites is 1. The quantitative estimate of drug-likeness (QED) is 0.685. The number of nitrogens with zero attached hydrogens (tertiary/aromatic N) is 2. The van der Waals surface area contributed by atoms with Gasteiger partial charge in [0, 0.05) is 17.4 Å². The van der Waals surface area contributed by atoms with E-state index in [0.29, 0.717) is 0 Å². The first-order valence-electron chi connectivity index (χ1n) is 5.31. The summed E-state index contributed by atoms with van der Waals surface area (Å²) in [5, 5.41) is 0. The van der Waals surface area contributed by atoms with Crippen LogP contribution in [-0.4, -0.2) is 31.0 Å². The first-order valence-corrected chi connectivity index (χ1v) is 5.31. The summed E-state index contributed by atoms with van der Waals surface area (Å²) in [7, 11) is 1.36. The van der Waals surface area contributed by atoms with Gasteiger partial charge in [-0.1, -0.05) is 18.2 Å². The number of methoxy groups -OCH3 is 1. The van der Waals surface area contributed by atoms with Crippen molar-refractivity contribution in [2.75, 3.05) is 7.11 Å². The topological polar surface area (TPSA) is 51.0 Å². The maximum atomic E-state index is 11.4. The first-order chi connectivity index (χ1) is 8.29. The molecule has 0 bridgehead atoms. The molecule has 2 aliphatic rings. The lowest BCUT2D eigenvalue weighted by Gasteiger charge is -2.12. The van der Waals surface area contributed by atoms with Crippen LogP contribution in [0, 0.1) is 0 Å². The van der Waals surface area contributed by atoms with Crippen molar-refractivity contribution < 1.29 is 9.53 Å². The zero-order chi connectivity index (χ0) is 11.8. The minimum atomic E-state index is -0.555.